The van der Waals surface area contributed by atoms with Crippen LogP contribution in [-0.2, 0) is 11.2 Å². The highest BCUT2D eigenvalue weighted by Crippen LogP contribution is 2.51. The number of amides is 1. The Balaban J connectivity index is 1.49. The smallest absolute Gasteiger partial charge is 0.229 e. The van der Waals surface area contributed by atoms with Crippen molar-refractivity contribution in [1.82, 2.24) is 4.90 Å². The highest BCUT2D eigenvalue weighted by molar-refractivity contribution is 5.86. The van der Waals surface area contributed by atoms with Crippen molar-refractivity contribution in [1.29, 1.82) is 0 Å². The van der Waals surface area contributed by atoms with E-state index in [4.69, 9.17) is 5.73 Å². The number of benzene rings is 2. The molecule has 2 N–H and O–H groups in total. The molecule has 4 rings (SSSR count). The third kappa shape index (κ3) is 3.21. The molecule has 2 fully saturated rings. The van der Waals surface area contributed by atoms with Crippen LogP contribution in [0.25, 0.3) is 0 Å². The minimum atomic E-state index is -0.161. The Morgan fingerprint density at radius 3 is 2.24 bits per heavy atom. The van der Waals surface area contributed by atoms with Gasteiger partial charge in [0.05, 0.1) is 5.41 Å². The quantitative estimate of drug-likeness (QED) is 0.913. The van der Waals surface area contributed by atoms with Gasteiger partial charge < -0.3 is 10.6 Å². The number of carbonyl (C=O) groups is 1. The Kier molecular flexibility index (Phi) is 4.34. The van der Waals surface area contributed by atoms with Crippen LogP contribution in [0, 0.1) is 11.3 Å². The van der Waals surface area contributed by atoms with Crippen LogP contribution in [0.3, 0.4) is 0 Å². The molecule has 0 unspecified atom stereocenters. The molecule has 130 valence electrons. The standard InChI is InChI=1S/C22H26N2O/c23-14-19-15-24(16-20(19)18-9-5-2-6-10-18)21(25)22(11-12-22)13-17-7-3-1-4-8-17/h1-10,19-20H,11-16,23H2/t19-,20+/m1/s1. The number of nitrogens with zero attached hydrogens (tertiary/aromatic N) is 1. The topological polar surface area (TPSA) is 46.3 Å². The van der Waals surface area contributed by atoms with Gasteiger partial charge in [0.1, 0.15) is 0 Å². The number of nitrogens with two attached hydrogens (primary N) is 1. The first-order chi connectivity index (χ1) is 12.2. The van der Waals surface area contributed by atoms with E-state index in [0.29, 0.717) is 24.3 Å². The number of likely N-dealkylation sites (tertiary alicyclic amines) is 1. The van der Waals surface area contributed by atoms with Gasteiger partial charge in [-0.25, -0.2) is 0 Å². The number of hydrogen-bond acceptors (Lipinski definition) is 2. The Labute approximate surface area is 149 Å². The zero-order chi connectivity index (χ0) is 17.3. The first-order valence-electron chi connectivity index (χ1n) is 9.30. The number of rotatable bonds is 5. The number of carbonyl (C=O) groups excluding carboxylic acids is 1. The second kappa shape index (κ2) is 6.64. The fourth-order valence-corrected chi connectivity index (χ4v) is 4.29. The molecule has 25 heavy (non-hydrogen) atoms. The van der Waals surface area contributed by atoms with Crippen molar-refractivity contribution in [2.45, 2.75) is 25.2 Å². The molecule has 2 atom stereocenters. The highest BCUT2D eigenvalue weighted by atomic mass is 16.2. The van der Waals surface area contributed by atoms with E-state index in [-0.39, 0.29) is 5.41 Å². The maximum absolute atomic E-state index is 13.3. The van der Waals surface area contributed by atoms with Gasteiger partial charge in [-0.2, -0.15) is 0 Å². The molecule has 1 aliphatic heterocycles. The summed E-state index contributed by atoms with van der Waals surface area (Å²) >= 11 is 0. The van der Waals surface area contributed by atoms with Gasteiger partial charge in [0.2, 0.25) is 5.91 Å². The summed E-state index contributed by atoms with van der Waals surface area (Å²) in [5.41, 5.74) is 8.45. The van der Waals surface area contributed by atoms with Gasteiger partial charge in [-0.15, -0.1) is 0 Å². The Morgan fingerprint density at radius 2 is 1.64 bits per heavy atom. The SMILES string of the molecule is NC[C@@H]1CN(C(=O)C2(Cc3ccccc3)CC2)C[C@H]1c1ccccc1. The van der Waals surface area contributed by atoms with Crippen LogP contribution < -0.4 is 5.73 Å². The molecule has 3 nitrogen and oxygen atoms in total. The predicted molar refractivity (Wildman–Crippen MR) is 100 cm³/mol. The van der Waals surface area contributed by atoms with Crippen LogP contribution in [0.5, 0.6) is 0 Å². The van der Waals surface area contributed by atoms with Crippen molar-refractivity contribution in [3.63, 3.8) is 0 Å². The molecule has 0 spiro atoms. The number of hydrogen-bond donors (Lipinski definition) is 1. The molecular formula is C22H26N2O. The van der Waals surface area contributed by atoms with Crippen molar-refractivity contribution in [3.8, 4) is 0 Å². The average molecular weight is 334 g/mol. The van der Waals surface area contributed by atoms with Gasteiger partial charge in [-0.05, 0) is 42.9 Å². The zero-order valence-electron chi connectivity index (χ0n) is 14.6. The first kappa shape index (κ1) is 16.3. The molecular weight excluding hydrogens is 308 g/mol. The molecule has 1 heterocycles. The summed E-state index contributed by atoms with van der Waals surface area (Å²) in [4.78, 5) is 15.3. The van der Waals surface area contributed by atoms with Crippen LogP contribution in [0.4, 0.5) is 0 Å². The van der Waals surface area contributed by atoms with Crippen LogP contribution >= 0.6 is 0 Å². The van der Waals surface area contributed by atoms with Gasteiger partial charge in [0.25, 0.3) is 0 Å². The Morgan fingerprint density at radius 1 is 1.00 bits per heavy atom. The van der Waals surface area contributed by atoms with E-state index < -0.39 is 0 Å². The van der Waals surface area contributed by atoms with Crippen LogP contribution in [0.15, 0.2) is 60.7 Å². The van der Waals surface area contributed by atoms with E-state index in [1.54, 1.807) is 0 Å². The van der Waals surface area contributed by atoms with Crippen molar-refractivity contribution in [2.75, 3.05) is 19.6 Å². The maximum Gasteiger partial charge on any atom is 0.229 e. The summed E-state index contributed by atoms with van der Waals surface area (Å²) in [6.45, 7) is 2.24. The van der Waals surface area contributed by atoms with Gasteiger partial charge in [0.15, 0.2) is 0 Å². The summed E-state index contributed by atoms with van der Waals surface area (Å²) in [5.74, 6) is 1.06. The van der Waals surface area contributed by atoms with Crippen molar-refractivity contribution in [3.05, 3.63) is 71.8 Å². The third-order valence-corrected chi connectivity index (χ3v) is 5.95. The largest absolute Gasteiger partial charge is 0.341 e. The molecule has 1 saturated heterocycles. The lowest BCUT2D eigenvalue weighted by molar-refractivity contribution is -0.136. The second-order valence-electron chi connectivity index (χ2n) is 7.67. The van der Waals surface area contributed by atoms with E-state index in [9.17, 15) is 4.79 Å². The normalized spacial score (nSPS) is 24.3. The molecule has 0 radical (unpaired) electrons. The van der Waals surface area contributed by atoms with Gasteiger partial charge in [0, 0.05) is 19.0 Å². The molecule has 2 aromatic rings. The summed E-state index contributed by atoms with van der Waals surface area (Å²) in [6.07, 6.45) is 2.90. The lowest BCUT2D eigenvalue weighted by atomic mass is 9.89. The molecule has 1 aliphatic carbocycles. The minimum absolute atomic E-state index is 0.161. The molecule has 0 aromatic heterocycles. The minimum Gasteiger partial charge on any atom is -0.341 e. The van der Waals surface area contributed by atoms with Crippen molar-refractivity contribution >= 4 is 5.91 Å². The molecule has 1 saturated carbocycles. The fraction of sp³-hybridized carbons (Fsp3) is 0.409. The second-order valence-corrected chi connectivity index (χ2v) is 7.67. The monoisotopic (exact) mass is 334 g/mol. The van der Waals surface area contributed by atoms with E-state index in [0.717, 1.165) is 32.4 Å². The van der Waals surface area contributed by atoms with Gasteiger partial charge >= 0.3 is 0 Å². The van der Waals surface area contributed by atoms with Crippen LogP contribution in [0.1, 0.15) is 29.9 Å². The Hall–Kier alpha value is -2.13. The maximum atomic E-state index is 13.3. The predicted octanol–water partition coefficient (Wildman–Crippen LogP) is 3.21. The lowest BCUT2D eigenvalue weighted by Crippen LogP contribution is -2.37. The van der Waals surface area contributed by atoms with E-state index in [1.165, 1.54) is 11.1 Å². The molecule has 2 aromatic carbocycles. The average Bonchev–Trinajstić information content (AvgIpc) is 3.31. The lowest BCUT2D eigenvalue weighted by Gasteiger charge is -2.23. The van der Waals surface area contributed by atoms with Gasteiger partial charge in [-0.3, -0.25) is 4.79 Å². The fourth-order valence-electron chi connectivity index (χ4n) is 4.29. The Bertz CT molecular complexity index is 724. The zero-order valence-corrected chi connectivity index (χ0v) is 14.6. The highest BCUT2D eigenvalue weighted by Gasteiger charge is 2.53. The van der Waals surface area contributed by atoms with Gasteiger partial charge in [-0.1, -0.05) is 60.7 Å². The summed E-state index contributed by atoms with van der Waals surface area (Å²) in [7, 11) is 0. The van der Waals surface area contributed by atoms with Crippen LogP contribution in [-0.4, -0.2) is 30.4 Å². The molecule has 0 bridgehead atoms. The van der Waals surface area contributed by atoms with E-state index in [2.05, 4.69) is 53.4 Å². The van der Waals surface area contributed by atoms with E-state index >= 15 is 0 Å². The summed E-state index contributed by atoms with van der Waals surface area (Å²) in [5, 5.41) is 0. The molecule has 3 heteroatoms. The molecule has 2 aliphatic rings. The summed E-state index contributed by atoms with van der Waals surface area (Å²) < 4.78 is 0. The molecule has 1 amide bonds. The van der Waals surface area contributed by atoms with E-state index in [1.807, 2.05) is 12.1 Å². The van der Waals surface area contributed by atoms with Crippen molar-refractivity contribution in [2.24, 2.45) is 17.1 Å². The summed E-state index contributed by atoms with van der Waals surface area (Å²) in [6, 6.07) is 20.9. The van der Waals surface area contributed by atoms with Crippen molar-refractivity contribution < 1.29 is 4.79 Å². The first-order valence-corrected chi connectivity index (χ1v) is 9.30. The third-order valence-electron chi connectivity index (χ3n) is 5.95. The van der Waals surface area contributed by atoms with Crippen LogP contribution in [0.2, 0.25) is 0 Å².